The standard InChI is InChI=1S/C29H31BF3N4O2/c1-19-2-5-24(16-27(34)39)23(14-19)8-9-26-25(29(31,32)33)17-35-28(36-26)15-20-3-6-21(7-4-20)22-10-12-37(13-11-22)30-18-38/h2-7,14,17-18,22H,8-13,15-16H2,1H3,(H2,34,39). The van der Waals surface area contributed by atoms with Gasteiger partial charge in [0, 0.05) is 12.6 Å². The van der Waals surface area contributed by atoms with Gasteiger partial charge in [0.15, 0.2) is 0 Å². The molecule has 0 unspecified atom stereocenters. The number of amides is 1. The first kappa shape index (κ1) is 28.5. The van der Waals surface area contributed by atoms with E-state index >= 15 is 0 Å². The highest BCUT2D eigenvalue weighted by Gasteiger charge is 2.35. The van der Waals surface area contributed by atoms with Crippen molar-refractivity contribution in [3.05, 3.63) is 93.6 Å². The molecule has 0 atom stereocenters. The lowest BCUT2D eigenvalue weighted by Gasteiger charge is -2.30. The largest absolute Gasteiger partial charge is 0.419 e. The molecule has 1 radical (unpaired) electrons. The maximum atomic E-state index is 13.8. The van der Waals surface area contributed by atoms with Gasteiger partial charge in [0.2, 0.25) is 5.91 Å². The second-order valence-electron chi connectivity index (χ2n) is 10.1. The van der Waals surface area contributed by atoms with Crippen LogP contribution in [-0.4, -0.2) is 47.4 Å². The zero-order valence-corrected chi connectivity index (χ0v) is 21.9. The molecule has 6 nitrogen and oxygen atoms in total. The summed E-state index contributed by atoms with van der Waals surface area (Å²) in [5.41, 5.74) is 9.03. The third kappa shape index (κ3) is 7.75. The van der Waals surface area contributed by atoms with Crippen LogP contribution in [0.3, 0.4) is 0 Å². The summed E-state index contributed by atoms with van der Waals surface area (Å²) in [5, 5.41) is 0. The van der Waals surface area contributed by atoms with E-state index in [4.69, 9.17) is 5.73 Å². The van der Waals surface area contributed by atoms with Gasteiger partial charge in [-0.1, -0.05) is 48.0 Å². The summed E-state index contributed by atoms with van der Waals surface area (Å²) >= 11 is 0. The first-order valence-electron chi connectivity index (χ1n) is 13.0. The van der Waals surface area contributed by atoms with Crippen LogP contribution in [0.4, 0.5) is 13.2 Å². The lowest BCUT2D eigenvalue weighted by Crippen LogP contribution is -2.36. The Labute approximate surface area is 227 Å². The van der Waals surface area contributed by atoms with Crippen LogP contribution in [0.2, 0.25) is 0 Å². The molecule has 203 valence electrons. The molecule has 39 heavy (non-hydrogen) atoms. The number of rotatable bonds is 10. The van der Waals surface area contributed by atoms with Crippen molar-refractivity contribution < 1.29 is 22.8 Å². The number of aromatic nitrogens is 2. The van der Waals surface area contributed by atoms with E-state index < -0.39 is 17.6 Å². The summed E-state index contributed by atoms with van der Waals surface area (Å²) in [6.45, 7) is 3.56. The number of hydrogen-bond donors (Lipinski definition) is 1. The number of aryl methyl sites for hydroxylation is 3. The Kier molecular flexibility index (Phi) is 9.17. The minimum absolute atomic E-state index is 0.0308. The van der Waals surface area contributed by atoms with Gasteiger partial charge < -0.3 is 15.3 Å². The normalized spacial score (nSPS) is 14.8. The summed E-state index contributed by atoms with van der Waals surface area (Å²) in [7, 11) is 1.58. The van der Waals surface area contributed by atoms with E-state index in [1.807, 2.05) is 36.0 Å². The van der Waals surface area contributed by atoms with Crippen molar-refractivity contribution in [2.75, 3.05) is 13.1 Å². The van der Waals surface area contributed by atoms with Crippen LogP contribution in [0.5, 0.6) is 0 Å². The Morgan fingerprint density at radius 2 is 1.82 bits per heavy atom. The van der Waals surface area contributed by atoms with E-state index in [-0.39, 0.29) is 18.5 Å². The van der Waals surface area contributed by atoms with Crippen molar-refractivity contribution in [1.29, 1.82) is 0 Å². The number of carbonyl (C=O) groups excluding carboxylic acids is 2. The minimum Gasteiger partial charge on any atom is -0.369 e. The average molecular weight is 535 g/mol. The first-order chi connectivity index (χ1) is 18.6. The second kappa shape index (κ2) is 12.6. The zero-order chi connectivity index (χ0) is 28.0. The SMILES string of the molecule is Cc1ccc(CC(N)=O)c(CCc2nc(Cc3ccc(C4CCN([B]C=O)CC4)cc3)ncc2C(F)(F)F)c1. The van der Waals surface area contributed by atoms with Crippen LogP contribution in [0.25, 0.3) is 0 Å². The van der Waals surface area contributed by atoms with Gasteiger partial charge in [-0.25, -0.2) is 9.97 Å². The molecule has 1 fully saturated rings. The van der Waals surface area contributed by atoms with Gasteiger partial charge in [-0.15, -0.1) is 0 Å². The van der Waals surface area contributed by atoms with Gasteiger partial charge in [0.25, 0.3) is 7.41 Å². The number of nitrogens with zero attached hydrogens (tertiary/aromatic N) is 3. The molecule has 1 aromatic heterocycles. The number of nitrogens with two attached hydrogens (primary N) is 1. The predicted octanol–water partition coefficient (Wildman–Crippen LogP) is 4.20. The van der Waals surface area contributed by atoms with Crippen molar-refractivity contribution >= 4 is 19.5 Å². The third-order valence-electron chi connectivity index (χ3n) is 7.20. The molecule has 10 heteroatoms. The Morgan fingerprint density at radius 1 is 1.10 bits per heavy atom. The van der Waals surface area contributed by atoms with Crippen LogP contribution in [0.1, 0.15) is 63.7 Å². The van der Waals surface area contributed by atoms with E-state index in [0.717, 1.165) is 55.0 Å². The number of alkyl halides is 3. The van der Waals surface area contributed by atoms with Crippen molar-refractivity contribution in [1.82, 2.24) is 14.8 Å². The topological polar surface area (TPSA) is 89.2 Å². The van der Waals surface area contributed by atoms with E-state index in [9.17, 15) is 22.8 Å². The number of carbonyl (C=O) groups is 2. The Balaban J connectivity index is 1.48. The van der Waals surface area contributed by atoms with Gasteiger partial charge in [-0.05, 0) is 73.9 Å². The highest BCUT2D eigenvalue weighted by Crippen LogP contribution is 2.32. The summed E-state index contributed by atoms with van der Waals surface area (Å²) in [5.74, 6) is 0.240. The molecule has 0 aliphatic carbocycles. The quantitative estimate of drug-likeness (QED) is 0.311. The molecule has 2 N–H and O–H groups in total. The first-order valence-corrected chi connectivity index (χ1v) is 13.0. The van der Waals surface area contributed by atoms with Gasteiger partial charge in [-0.3, -0.25) is 4.79 Å². The third-order valence-corrected chi connectivity index (χ3v) is 7.20. The molecule has 4 rings (SSSR count). The van der Waals surface area contributed by atoms with E-state index in [1.54, 1.807) is 13.5 Å². The van der Waals surface area contributed by atoms with E-state index in [1.165, 1.54) is 5.56 Å². The molecule has 1 amide bonds. The molecular weight excluding hydrogens is 504 g/mol. The zero-order valence-electron chi connectivity index (χ0n) is 21.9. The summed E-state index contributed by atoms with van der Waals surface area (Å²) in [6, 6.07) is 13.6. The van der Waals surface area contributed by atoms with Crippen molar-refractivity contribution in [2.45, 2.75) is 57.5 Å². The smallest absolute Gasteiger partial charge is 0.369 e. The maximum Gasteiger partial charge on any atom is 0.419 e. The van der Waals surface area contributed by atoms with Gasteiger partial charge >= 0.3 is 6.18 Å². The number of piperidine rings is 1. The highest BCUT2D eigenvalue weighted by molar-refractivity contribution is 6.64. The molecule has 3 aromatic rings. The molecule has 2 aromatic carbocycles. The maximum absolute atomic E-state index is 13.8. The van der Waals surface area contributed by atoms with Crippen molar-refractivity contribution in [2.24, 2.45) is 5.73 Å². The Hall–Kier alpha value is -3.53. The Bertz CT molecular complexity index is 1310. The van der Waals surface area contributed by atoms with Crippen LogP contribution in [-0.2, 0) is 41.4 Å². The fourth-order valence-electron chi connectivity index (χ4n) is 5.13. The lowest BCUT2D eigenvalue weighted by atomic mass is 9.84. The summed E-state index contributed by atoms with van der Waals surface area (Å²) in [6.07, 6.45) is -0.282. The molecule has 0 spiro atoms. The summed E-state index contributed by atoms with van der Waals surface area (Å²) < 4.78 is 41.3. The molecule has 0 bridgehead atoms. The average Bonchev–Trinajstić information content (AvgIpc) is 2.89. The molecule has 2 heterocycles. The van der Waals surface area contributed by atoms with Crippen LogP contribution in [0, 0.1) is 6.92 Å². The van der Waals surface area contributed by atoms with Crippen LogP contribution >= 0.6 is 0 Å². The van der Waals surface area contributed by atoms with Crippen LogP contribution in [0.15, 0.2) is 48.7 Å². The second-order valence-corrected chi connectivity index (χ2v) is 10.1. The van der Waals surface area contributed by atoms with E-state index in [0.29, 0.717) is 30.1 Å². The number of benzene rings is 2. The predicted molar refractivity (Wildman–Crippen MR) is 144 cm³/mol. The van der Waals surface area contributed by atoms with Crippen molar-refractivity contribution in [3.8, 4) is 0 Å². The number of halogens is 3. The minimum atomic E-state index is -4.57. The monoisotopic (exact) mass is 535 g/mol. The van der Waals surface area contributed by atoms with Gasteiger partial charge in [0.1, 0.15) is 5.82 Å². The Morgan fingerprint density at radius 3 is 2.46 bits per heavy atom. The number of primary amides is 1. The van der Waals surface area contributed by atoms with Crippen LogP contribution < -0.4 is 5.73 Å². The molecular formula is C29H31BF3N4O2. The lowest BCUT2D eigenvalue weighted by molar-refractivity contribution is -0.138. The highest BCUT2D eigenvalue weighted by atomic mass is 19.4. The fraction of sp³-hybridized carbons (Fsp3) is 0.379. The van der Waals surface area contributed by atoms with Crippen molar-refractivity contribution in [3.63, 3.8) is 0 Å². The molecule has 1 aliphatic heterocycles. The number of hydrogen-bond acceptors (Lipinski definition) is 5. The molecule has 1 saturated heterocycles. The van der Waals surface area contributed by atoms with Gasteiger partial charge in [0.05, 0.1) is 23.9 Å². The molecule has 0 saturated carbocycles. The molecule has 1 aliphatic rings. The van der Waals surface area contributed by atoms with Gasteiger partial charge in [-0.2, -0.15) is 13.2 Å². The summed E-state index contributed by atoms with van der Waals surface area (Å²) in [4.78, 5) is 32.6. The fourth-order valence-corrected chi connectivity index (χ4v) is 5.13. The van der Waals surface area contributed by atoms with E-state index in [2.05, 4.69) is 22.1 Å².